The summed E-state index contributed by atoms with van der Waals surface area (Å²) in [5.74, 6) is -1.48. The highest BCUT2D eigenvalue weighted by Gasteiger charge is 2.85. The maximum Gasteiger partial charge on any atom is 0.318 e. The zero-order valence-corrected chi connectivity index (χ0v) is 34.5. The maximum absolute atomic E-state index is 16.0. The van der Waals surface area contributed by atoms with Gasteiger partial charge in [0.05, 0.1) is 12.0 Å². The normalized spacial score (nSPS) is 42.3. The Labute approximate surface area is 326 Å². The van der Waals surface area contributed by atoms with E-state index in [1.165, 1.54) is 0 Å². The molecule has 55 heavy (non-hydrogen) atoms. The van der Waals surface area contributed by atoms with Crippen LogP contribution >= 0.6 is 0 Å². The molecule has 7 fully saturated rings. The Hall–Kier alpha value is -2.70. The van der Waals surface area contributed by atoms with Crippen molar-refractivity contribution in [2.45, 2.75) is 128 Å². The number of aldehydes is 1. The van der Waals surface area contributed by atoms with Crippen molar-refractivity contribution in [3.8, 4) is 0 Å². The van der Waals surface area contributed by atoms with Crippen molar-refractivity contribution in [3.05, 3.63) is 83.4 Å². The number of carbonyl (C=O) groups is 2. The van der Waals surface area contributed by atoms with Gasteiger partial charge in [-0.05, 0) is 78.1 Å². The minimum atomic E-state index is -2.48. The molecule has 13 atom stereocenters. The molecule has 0 spiro atoms. The highest BCUT2D eigenvalue weighted by atomic mass is 28.4. The summed E-state index contributed by atoms with van der Waals surface area (Å²) in [5.41, 5.74) is -0.374. The number of aliphatic hydroxyl groups excluding tert-OH is 1. The van der Waals surface area contributed by atoms with Crippen LogP contribution in [0.15, 0.2) is 72.3 Å². The van der Waals surface area contributed by atoms with Crippen LogP contribution in [0.1, 0.15) is 84.5 Å². The van der Waals surface area contributed by atoms with E-state index >= 15 is 4.79 Å². The number of hydrogen-bond donors (Lipinski definition) is 1. The van der Waals surface area contributed by atoms with E-state index in [0.29, 0.717) is 18.8 Å². The highest BCUT2D eigenvalue weighted by molar-refractivity contribution is 6.74. The van der Waals surface area contributed by atoms with Gasteiger partial charge in [0.2, 0.25) is 0 Å². The minimum absolute atomic E-state index is 0.0270. The molecule has 9 nitrogen and oxygen atoms in total. The van der Waals surface area contributed by atoms with Crippen molar-refractivity contribution >= 4 is 20.6 Å². The topological polar surface area (TPSA) is 110 Å². The summed E-state index contributed by atoms with van der Waals surface area (Å²) in [6, 6.07) is 19.8. The van der Waals surface area contributed by atoms with Crippen LogP contribution < -0.4 is 0 Å². The van der Waals surface area contributed by atoms with Gasteiger partial charge in [-0.1, -0.05) is 120 Å². The van der Waals surface area contributed by atoms with Crippen molar-refractivity contribution in [2.24, 2.45) is 45.8 Å². The molecule has 4 aliphatic heterocycles. The molecule has 3 saturated carbocycles. The first-order valence-electron chi connectivity index (χ1n) is 20.6. The van der Waals surface area contributed by atoms with Crippen LogP contribution in [0.5, 0.6) is 0 Å². The lowest BCUT2D eigenvalue weighted by Crippen LogP contribution is -2.68. The Bertz CT molecular complexity index is 1820. The quantitative estimate of drug-likeness (QED) is 0.106. The van der Waals surface area contributed by atoms with E-state index in [1.807, 2.05) is 60.7 Å². The Morgan fingerprint density at radius 3 is 2.22 bits per heavy atom. The molecule has 10 heteroatoms. The molecule has 0 amide bonds. The third-order valence-corrected chi connectivity index (χ3v) is 20.2. The number of ether oxygens (including phenoxy) is 5. The van der Waals surface area contributed by atoms with Gasteiger partial charge in [-0.3, -0.25) is 9.53 Å². The number of carbonyl (C=O) groups excluding carboxylic acids is 2. The molecule has 4 saturated heterocycles. The second-order valence-electron chi connectivity index (χ2n) is 19.6. The fourth-order valence-corrected chi connectivity index (χ4v) is 13.5. The largest absolute Gasteiger partial charge is 0.452 e. The van der Waals surface area contributed by atoms with Crippen molar-refractivity contribution < 1.29 is 42.8 Å². The standard InChI is InChI=1S/C45H58O9Si/c1-26(2)33-21-30-22-42(24-46)32-20-19-27(3)31(32)23-43(30,44(33,42)40(48)51-35(28-15-11-9-12-16-28)29-17-13-10-14-18-29)25-49-45-38(54-55(7,8)41(4,5)6)36-34(47)37(52-45)39(50-36)53-45/h9-18,21,24,26-27,30-32,34-39,47H,19-20,22-23,25H2,1-8H3. The molecule has 1 N–H and O–H groups in total. The summed E-state index contributed by atoms with van der Waals surface area (Å²) < 4.78 is 40.5. The van der Waals surface area contributed by atoms with Crippen molar-refractivity contribution in [1.82, 2.24) is 0 Å². The number of hydrogen-bond acceptors (Lipinski definition) is 9. The summed E-state index contributed by atoms with van der Waals surface area (Å²) in [5, 5.41) is 11.2. The van der Waals surface area contributed by atoms with E-state index < -0.39 is 67.3 Å². The van der Waals surface area contributed by atoms with Crippen LogP contribution in [0.25, 0.3) is 0 Å². The fourth-order valence-electron chi connectivity index (χ4n) is 12.2. The molecule has 2 aromatic rings. The van der Waals surface area contributed by atoms with Gasteiger partial charge < -0.3 is 33.3 Å². The molecule has 296 valence electrons. The van der Waals surface area contributed by atoms with Gasteiger partial charge in [0.15, 0.2) is 26.8 Å². The molecule has 8 aliphatic rings. The predicted octanol–water partition coefficient (Wildman–Crippen LogP) is 7.73. The Morgan fingerprint density at radius 2 is 1.64 bits per heavy atom. The van der Waals surface area contributed by atoms with Gasteiger partial charge in [0.1, 0.15) is 30.0 Å². The number of esters is 1. The van der Waals surface area contributed by atoms with E-state index in [-0.39, 0.29) is 41.3 Å². The monoisotopic (exact) mass is 770 g/mol. The molecular formula is C45H58O9Si. The first-order chi connectivity index (χ1) is 26.1. The lowest BCUT2D eigenvalue weighted by molar-refractivity contribution is -0.444. The molecule has 0 aromatic heterocycles. The number of allylic oxidation sites excluding steroid dienone is 1. The summed E-state index contributed by atoms with van der Waals surface area (Å²) in [6.45, 7) is 17.5. The second kappa shape index (κ2) is 12.6. The van der Waals surface area contributed by atoms with E-state index in [1.54, 1.807) is 0 Å². The molecule has 4 aliphatic carbocycles. The van der Waals surface area contributed by atoms with Crippen LogP contribution in [0.2, 0.25) is 18.1 Å². The number of benzene rings is 2. The number of aliphatic hydroxyl groups is 1. The van der Waals surface area contributed by atoms with Gasteiger partial charge in [0.25, 0.3) is 0 Å². The molecule has 10 rings (SSSR count). The number of rotatable bonds is 11. The highest BCUT2D eigenvalue weighted by Crippen LogP contribution is 2.83. The zero-order valence-electron chi connectivity index (χ0n) is 33.5. The van der Waals surface area contributed by atoms with Crippen LogP contribution in [0.3, 0.4) is 0 Å². The summed E-state index contributed by atoms with van der Waals surface area (Å²) >= 11 is 0. The van der Waals surface area contributed by atoms with E-state index in [0.717, 1.165) is 35.8 Å². The van der Waals surface area contributed by atoms with Crippen LogP contribution in [0.4, 0.5) is 0 Å². The third-order valence-electron chi connectivity index (χ3n) is 15.8. The van der Waals surface area contributed by atoms with Crippen molar-refractivity contribution in [1.29, 1.82) is 0 Å². The van der Waals surface area contributed by atoms with Gasteiger partial charge in [-0.2, -0.15) is 0 Å². The van der Waals surface area contributed by atoms with Gasteiger partial charge >= 0.3 is 11.9 Å². The summed E-state index contributed by atoms with van der Waals surface area (Å²) in [7, 11) is -2.48. The lowest BCUT2D eigenvalue weighted by Gasteiger charge is -2.59. The molecule has 8 bridgehead atoms. The van der Waals surface area contributed by atoms with Crippen molar-refractivity contribution in [2.75, 3.05) is 6.61 Å². The van der Waals surface area contributed by atoms with Crippen LogP contribution in [-0.2, 0) is 37.7 Å². The SMILES string of the molecule is CC(C)C1=CC2CC3(C=O)C4CCC(C)C4CC2(COC24OC5OC(C(O)C5O2)C4O[Si](C)(C)C(C)(C)C)C13C(=O)OC(c1ccccc1)c1ccccc1. The Kier molecular flexibility index (Phi) is 8.70. The summed E-state index contributed by atoms with van der Waals surface area (Å²) in [6.07, 6.45) is 1.98. The molecule has 13 unspecified atom stereocenters. The Morgan fingerprint density at radius 1 is 0.982 bits per heavy atom. The lowest BCUT2D eigenvalue weighted by atomic mass is 9.43. The first kappa shape index (κ1) is 37.9. The average Bonchev–Trinajstić information content (AvgIpc) is 3.88. The summed E-state index contributed by atoms with van der Waals surface area (Å²) in [4.78, 5) is 30.3. The molecule has 4 heterocycles. The van der Waals surface area contributed by atoms with Crippen molar-refractivity contribution in [3.63, 3.8) is 0 Å². The second-order valence-corrected chi connectivity index (χ2v) is 24.4. The average molecular weight is 771 g/mol. The first-order valence-corrected chi connectivity index (χ1v) is 23.5. The van der Waals surface area contributed by atoms with E-state index in [4.69, 9.17) is 28.1 Å². The van der Waals surface area contributed by atoms with E-state index in [2.05, 4.69) is 60.7 Å². The molecule has 0 radical (unpaired) electrons. The molecular weight excluding hydrogens is 713 g/mol. The van der Waals surface area contributed by atoms with Gasteiger partial charge in [0, 0.05) is 5.41 Å². The number of fused-ring (bicyclic) bond motifs is 2. The molecule has 2 aromatic carbocycles. The smallest absolute Gasteiger partial charge is 0.318 e. The van der Waals surface area contributed by atoms with Crippen LogP contribution in [0, 0.1) is 45.8 Å². The Balaban J connectivity index is 1.17. The fraction of sp³-hybridized carbons (Fsp3) is 0.644. The van der Waals surface area contributed by atoms with Crippen LogP contribution in [-0.4, -0.2) is 69.0 Å². The van der Waals surface area contributed by atoms with Gasteiger partial charge in [-0.25, -0.2) is 0 Å². The zero-order chi connectivity index (χ0) is 38.9. The maximum atomic E-state index is 16.0. The van der Waals surface area contributed by atoms with E-state index in [9.17, 15) is 9.90 Å². The third kappa shape index (κ3) is 4.97. The minimum Gasteiger partial charge on any atom is -0.452 e. The van der Waals surface area contributed by atoms with Gasteiger partial charge in [-0.15, -0.1) is 0 Å². The predicted molar refractivity (Wildman–Crippen MR) is 207 cm³/mol.